The second-order valence-corrected chi connectivity index (χ2v) is 6.69. The van der Waals surface area contributed by atoms with Crippen LogP contribution in [0.5, 0.6) is 0 Å². The summed E-state index contributed by atoms with van der Waals surface area (Å²) in [6.45, 7) is 0.783. The SMILES string of the molecule is O=C(O)C1CCCN1C(Cc1ccccn1)c1ccnc2ccccc12. The van der Waals surface area contributed by atoms with Gasteiger partial charge < -0.3 is 5.11 Å². The van der Waals surface area contributed by atoms with Crippen LogP contribution in [-0.4, -0.2) is 38.5 Å². The number of fused-ring (bicyclic) bond motifs is 1. The highest BCUT2D eigenvalue weighted by molar-refractivity contribution is 5.82. The number of rotatable bonds is 5. The van der Waals surface area contributed by atoms with Crippen LogP contribution in [0, 0.1) is 0 Å². The highest BCUT2D eigenvalue weighted by Gasteiger charge is 2.36. The molecule has 5 heteroatoms. The molecular formula is C21H21N3O2. The summed E-state index contributed by atoms with van der Waals surface area (Å²) in [5.74, 6) is -0.744. The molecule has 1 saturated heterocycles. The van der Waals surface area contributed by atoms with Crippen LogP contribution in [-0.2, 0) is 11.2 Å². The summed E-state index contributed by atoms with van der Waals surface area (Å²) >= 11 is 0. The fraction of sp³-hybridized carbons (Fsp3) is 0.286. The molecule has 132 valence electrons. The van der Waals surface area contributed by atoms with Gasteiger partial charge in [0.05, 0.1) is 5.52 Å². The third-order valence-corrected chi connectivity index (χ3v) is 5.15. The van der Waals surface area contributed by atoms with Gasteiger partial charge in [0.2, 0.25) is 0 Å². The first-order valence-electron chi connectivity index (χ1n) is 8.96. The fourth-order valence-corrected chi connectivity index (χ4v) is 3.96. The second-order valence-electron chi connectivity index (χ2n) is 6.69. The lowest BCUT2D eigenvalue weighted by Gasteiger charge is -2.32. The van der Waals surface area contributed by atoms with E-state index in [-0.39, 0.29) is 6.04 Å². The van der Waals surface area contributed by atoms with Crippen molar-refractivity contribution in [2.45, 2.75) is 31.3 Å². The van der Waals surface area contributed by atoms with E-state index in [2.05, 4.69) is 20.9 Å². The summed E-state index contributed by atoms with van der Waals surface area (Å²) in [4.78, 5) is 22.9. The smallest absolute Gasteiger partial charge is 0.320 e. The number of benzene rings is 1. The van der Waals surface area contributed by atoms with E-state index in [9.17, 15) is 9.90 Å². The van der Waals surface area contributed by atoms with E-state index < -0.39 is 12.0 Å². The molecule has 5 nitrogen and oxygen atoms in total. The second kappa shape index (κ2) is 7.22. The van der Waals surface area contributed by atoms with Gasteiger partial charge in [-0.1, -0.05) is 24.3 Å². The quantitative estimate of drug-likeness (QED) is 0.765. The number of carboxylic acids is 1. The Morgan fingerprint density at radius 2 is 1.96 bits per heavy atom. The molecule has 1 aliphatic rings. The Morgan fingerprint density at radius 3 is 2.77 bits per heavy atom. The molecule has 0 bridgehead atoms. The van der Waals surface area contributed by atoms with Crippen molar-refractivity contribution < 1.29 is 9.90 Å². The molecule has 2 aromatic heterocycles. The standard InChI is InChI=1S/C21H21N3O2/c25-21(26)19-9-5-13-24(19)20(14-15-6-3-4-11-22-15)17-10-12-23-18-8-2-1-7-16(17)18/h1-4,6-8,10-12,19-20H,5,9,13-14H2,(H,25,26). The lowest BCUT2D eigenvalue weighted by atomic mass is 9.96. The van der Waals surface area contributed by atoms with Gasteiger partial charge in [-0.3, -0.25) is 19.7 Å². The van der Waals surface area contributed by atoms with Crippen LogP contribution in [0.3, 0.4) is 0 Å². The van der Waals surface area contributed by atoms with Crippen molar-refractivity contribution in [1.29, 1.82) is 0 Å². The van der Waals surface area contributed by atoms with Crippen LogP contribution in [0.1, 0.15) is 30.1 Å². The molecule has 0 saturated carbocycles. The van der Waals surface area contributed by atoms with Crippen LogP contribution < -0.4 is 0 Å². The first-order valence-corrected chi connectivity index (χ1v) is 8.96. The van der Waals surface area contributed by atoms with Crippen LogP contribution in [0.4, 0.5) is 0 Å². The number of pyridine rings is 2. The molecule has 26 heavy (non-hydrogen) atoms. The minimum Gasteiger partial charge on any atom is -0.480 e. The van der Waals surface area contributed by atoms with Gasteiger partial charge in [-0.05, 0) is 49.2 Å². The molecule has 0 radical (unpaired) electrons. The van der Waals surface area contributed by atoms with Gasteiger partial charge in [-0.25, -0.2) is 0 Å². The Morgan fingerprint density at radius 1 is 1.12 bits per heavy atom. The Hall–Kier alpha value is -2.79. The monoisotopic (exact) mass is 347 g/mol. The molecule has 0 aliphatic carbocycles. The van der Waals surface area contributed by atoms with Crippen LogP contribution in [0.2, 0.25) is 0 Å². The van der Waals surface area contributed by atoms with Gasteiger partial charge in [0, 0.05) is 35.9 Å². The predicted octanol–water partition coefficient (Wildman–Crippen LogP) is 3.46. The van der Waals surface area contributed by atoms with Crippen molar-refractivity contribution >= 4 is 16.9 Å². The minimum atomic E-state index is -0.744. The summed E-state index contributed by atoms with van der Waals surface area (Å²) in [5, 5.41) is 10.8. The number of hydrogen-bond acceptors (Lipinski definition) is 4. The highest BCUT2D eigenvalue weighted by atomic mass is 16.4. The maximum Gasteiger partial charge on any atom is 0.320 e. The zero-order chi connectivity index (χ0) is 17.9. The molecule has 0 spiro atoms. The van der Waals surface area contributed by atoms with Crippen molar-refractivity contribution in [3.05, 3.63) is 72.2 Å². The number of carboxylic acid groups (broad SMARTS) is 1. The molecular weight excluding hydrogens is 326 g/mol. The average molecular weight is 347 g/mol. The number of hydrogen-bond donors (Lipinski definition) is 1. The molecule has 2 unspecified atom stereocenters. The summed E-state index contributed by atoms with van der Waals surface area (Å²) in [6.07, 6.45) is 5.87. The lowest BCUT2D eigenvalue weighted by Crippen LogP contribution is -2.39. The number of aromatic nitrogens is 2. The summed E-state index contributed by atoms with van der Waals surface area (Å²) < 4.78 is 0. The lowest BCUT2D eigenvalue weighted by molar-refractivity contribution is -0.143. The molecule has 3 aromatic rings. The van der Waals surface area contributed by atoms with E-state index in [1.807, 2.05) is 48.7 Å². The van der Waals surface area contributed by atoms with E-state index in [4.69, 9.17) is 0 Å². The maximum absolute atomic E-state index is 11.8. The number of carbonyl (C=O) groups is 1. The number of aliphatic carboxylic acids is 1. The van der Waals surface area contributed by atoms with Crippen molar-refractivity contribution in [2.75, 3.05) is 6.54 Å². The van der Waals surface area contributed by atoms with Crippen LogP contribution >= 0.6 is 0 Å². The van der Waals surface area contributed by atoms with Crippen LogP contribution in [0.25, 0.3) is 10.9 Å². The van der Waals surface area contributed by atoms with Gasteiger partial charge in [0.1, 0.15) is 6.04 Å². The summed E-state index contributed by atoms with van der Waals surface area (Å²) in [5.41, 5.74) is 3.02. The van der Waals surface area contributed by atoms with Crippen LogP contribution in [0.15, 0.2) is 60.9 Å². The van der Waals surface area contributed by atoms with Crippen molar-refractivity contribution in [3.8, 4) is 0 Å². The first kappa shape index (κ1) is 16.7. The van der Waals surface area contributed by atoms with E-state index in [1.54, 1.807) is 6.20 Å². The molecule has 2 atom stereocenters. The zero-order valence-corrected chi connectivity index (χ0v) is 14.5. The average Bonchev–Trinajstić information content (AvgIpc) is 3.16. The molecule has 3 heterocycles. The molecule has 1 aromatic carbocycles. The van der Waals surface area contributed by atoms with Crippen molar-refractivity contribution in [3.63, 3.8) is 0 Å². The van der Waals surface area contributed by atoms with Crippen molar-refractivity contribution in [1.82, 2.24) is 14.9 Å². The summed E-state index contributed by atoms with van der Waals surface area (Å²) in [7, 11) is 0. The number of nitrogens with zero attached hydrogens (tertiary/aromatic N) is 3. The largest absolute Gasteiger partial charge is 0.480 e. The van der Waals surface area contributed by atoms with Gasteiger partial charge in [-0.15, -0.1) is 0 Å². The van der Waals surface area contributed by atoms with E-state index in [1.165, 1.54) is 0 Å². The first-order chi connectivity index (χ1) is 12.7. The third kappa shape index (κ3) is 3.18. The molecule has 4 rings (SSSR count). The summed E-state index contributed by atoms with van der Waals surface area (Å²) in [6, 6.07) is 15.4. The fourth-order valence-electron chi connectivity index (χ4n) is 3.96. The Labute approximate surface area is 152 Å². The Kier molecular flexibility index (Phi) is 4.63. The number of para-hydroxylation sites is 1. The molecule has 1 N–H and O–H groups in total. The zero-order valence-electron chi connectivity index (χ0n) is 14.5. The topological polar surface area (TPSA) is 66.3 Å². The Bertz CT molecular complexity index is 908. The van der Waals surface area contributed by atoms with Gasteiger partial charge in [0.15, 0.2) is 0 Å². The third-order valence-electron chi connectivity index (χ3n) is 5.15. The van der Waals surface area contributed by atoms with Gasteiger partial charge in [0.25, 0.3) is 0 Å². The highest BCUT2D eigenvalue weighted by Crippen LogP contribution is 2.35. The van der Waals surface area contributed by atoms with E-state index >= 15 is 0 Å². The predicted molar refractivity (Wildman–Crippen MR) is 99.8 cm³/mol. The minimum absolute atomic E-state index is 0.0404. The molecule has 1 aliphatic heterocycles. The maximum atomic E-state index is 11.8. The van der Waals surface area contributed by atoms with E-state index in [0.717, 1.165) is 35.1 Å². The van der Waals surface area contributed by atoms with Crippen molar-refractivity contribution in [2.24, 2.45) is 0 Å². The van der Waals surface area contributed by atoms with Gasteiger partial charge >= 0.3 is 5.97 Å². The Balaban J connectivity index is 1.80. The van der Waals surface area contributed by atoms with E-state index in [0.29, 0.717) is 12.8 Å². The number of likely N-dealkylation sites (tertiary alicyclic amines) is 1. The molecule has 0 amide bonds. The normalized spacial score (nSPS) is 18.8. The van der Waals surface area contributed by atoms with Gasteiger partial charge in [-0.2, -0.15) is 0 Å². The molecule has 1 fully saturated rings.